The molecule has 1 rings (SSSR count). The van der Waals surface area contributed by atoms with E-state index in [2.05, 4.69) is 19.9 Å². The van der Waals surface area contributed by atoms with E-state index in [0.717, 1.165) is 44.4 Å². The Morgan fingerprint density at radius 3 is 2.29 bits per heavy atom. The SMILES string of the molecule is CCCC1CCC(C#N)(C(C)(O)CCC)CC1. The van der Waals surface area contributed by atoms with Gasteiger partial charge in [0.2, 0.25) is 0 Å². The highest BCUT2D eigenvalue weighted by Crippen LogP contribution is 2.48. The topological polar surface area (TPSA) is 44.0 Å². The third-order valence-electron chi connectivity index (χ3n) is 4.64. The fourth-order valence-electron chi connectivity index (χ4n) is 3.36. The predicted octanol–water partition coefficient (Wildman–Crippen LogP) is 4.04. The molecule has 0 aromatic carbocycles. The van der Waals surface area contributed by atoms with Gasteiger partial charge < -0.3 is 5.11 Å². The molecular weight excluding hydrogens is 210 g/mol. The normalized spacial score (nSPS) is 32.8. The summed E-state index contributed by atoms with van der Waals surface area (Å²) in [7, 11) is 0. The first-order valence-corrected chi connectivity index (χ1v) is 7.15. The molecule has 1 N–H and O–H groups in total. The molecule has 2 heteroatoms. The minimum atomic E-state index is -0.812. The molecule has 0 spiro atoms. The number of rotatable bonds is 5. The van der Waals surface area contributed by atoms with Gasteiger partial charge in [-0.1, -0.05) is 33.1 Å². The van der Waals surface area contributed by atoms with Crippen LogP contribution in [0.2, 0.25) is 0 Å². The Morgan fingerprint density at radius 2 is 1.88 bits per heavy atom. The van der Waals surface area contributed by atoms with Crippen molar-refractivity contribution in [3.8, 4) is 6.07 Å². The third-order valence-corrected chi connectivity index (χ3v) is 4.64. The summed E-state index contributed by atoms with van der Waals surface area (Å²) in [4.78, 5) is 0. The lowest BCUT2D eigenvalue weighted by molar-refractivity contribution is -0.0703. The van der Waals surface area contributed by atoms with Gasteiger partial charge in [-0.3, -0.25) is 0 Å². The van der Waals surface area contributed by atoms with Gasteiger partial charge in [-0.25, -0.2) is 0 Å². The van der Waals surface area contributed by atoms with Crippen molar-refractivity contribution in [1.82, 2.24) is 0 Å². The Bertz CT molecular complexity index is 269. The van der Waals surface area contributed by atoms with Gasteiger partial charge in [-0.2, -0.15) is 5.26 Å². The van der Waals surface area contributed by atoms with Crippen LogP contribution in [0, 0.1) is 22.7 Å². The highest BCUT2D eigenvalue weighted by atomic mass is 16.3. The lowest BCUT2D eigenvalue weighted by atomic mass is 9.61. The van der Waals surface area contributed by atoms with Crippen LogP contribution in [0.3, 0.4) is 0 Å². The average Bonchev–Trinajstić information content (AvgIpc) is 2.30. The zero-order valence-corrected chi connectivity index (χ0v) is 11.6. The van der Waals surface area contributed by atoms with Gasteiger partial charge in [0, 0.05) is 0 Å². The molecule has 1 saturated carbocycles. The second-order valence-corrected chi connectivity index (χ2v) is 5.95. The Kier molecular flexibility index (Phi) is 5.01. The molecule has 1 aliphatic rings. The van der Waals surface area contributed by atoms with Crippen LogP contribution >= 0.6 is 0 Å². The molecule has 0 aromatic heterocycles. The fourth-order valence-corrected chi connectivity index (χ4v) is 3.36. The van der Waals surface area contributed by atoms with E-state index in [4.69, 9.17) is 0 Å². The van der Waals surface area contributed by atoms with Crippen molar-refractivity contribution >= 4 is 0 Å². The van der Waals surface area contributed by atoms with Crippen LogP contribution in [0.15, 0.2) is 0 Å². The lowest BCUT2D eigenvalue weighted by Crippen LogP contribution is -2.47. The molecule has 1 unspecified atom stereocenters. The van der Waals surface area contributed by atoms with Crippen molar-refractivity contribution in [2.24, 2.45) is 11.3 Å². The quantitative estimate of drug-likeness (QED) is 0.784. The van der Waals surface area contributed by atoms with Crippen molar-refractivity contribution in [1.29, 1.82) is 5.26 Å². The van der Waals surface area contributed by atoms with Gasteiger partial charge in [0.15, 0.2) is 0 Å². The maximum absolute atomic E-state index is 10.6. The first-order chi connectivity index (χ1) is 8.01. The average molecular weight is 237 g/mol. The van der Waals surface area contributed by atoms with Crippen molar-refractivity contribution in [2.45, 2.75) is 77.7 Å². The fraction of sp³-hybridized carbons (Fsp3) is 0.933. The third kappa shape index (κ3) is 3.01. The molecule has 98 valence electrons. The number of hydrogen-bond acceptors (Lipinski definition) is 2. The molecule has 0 amide bonds. The zero-order valence-electron chi connectivity index (χ0n) is 11.6. The van der Waals surface area contributed by atoms with E-state index in [9.17, 15) is 10.4 Å². The molecule has 0 bridgehead atoms. The van der Waals surface area contributed by atoms with Crippen LogP contribution in [0.4, 0.5) is 0 Å². The number of hydrogen-bond donors (Lipinski definition) is 1. The molecule has 0 aromatic rings. The highest BCUT2D eigenvalue weighted by Gasteiger charge is 2.48. The van der Waals surface area contributed by atoms with E-state index in [1.54, 1.807) is 0 Å². The predicted molar refractivity (Wildman–Crippen MR) is 70.4 cm³/mol. The van der Waals surface area contributed by atoms with Gasteiger partial charge in [0.1, 0.15) is 0 Å². The summed E-state index contributed by atoms with van der Waals surface area (Å²) in [5.74, 6) is 0.777. The first-order valence-electron chi connectivity index (χ1n) is 7.15. The Balaban J connectivity index is 2.71. The molecule has 0 aliphatic heterocycles. The minimum Gasteiger partial charge on any atom is -0.389 e. The minimum absolute atomic E-state index is 0.493. The molecule has 0 saturated heterocycles. The Morgan fingerprint density at radius 1 is 1.29 bits per heavy atom. The summed E-state index contributed by atoms with van der Waals surface area (Å²) in [6.07, 6.45) is 8.16. The van der Waals surface area contributed by atoms with Crippen LogP contribution < -0.4 is 0 Å². The number of nitriles is 1. The highest BCUT2D eigenvalue weighted by molar-refractivity contribution is 5.11. The zero-order chi connectivity index (χ0) is 12.9. The Labute approximate surface area is 106 Å². The van der Waals surface area contributed by atoms with Crippen LogP contribution in [0.25, 0.3) is 0 Å². The van der Waals surface area contributed by atoms with Crippen molar-refractivity contribution < 1.29 is 5.11 Å². The molecule has 0 heterocycles. The summed E-state index contributed by atoms with van der Waals surface area (Å²) in [5, 5.41) is 20.1. The van der Waals surface area contributed by atoms with Gasteiger partial charge >= 0.3 is 0 Å². The van der Waals surface area contributed by atoms with E-state index in [1.807, 2.05) is 6.92 Å². The summed E-state index contributed by atoms with van der Waals surface area (Å²) < 4.78 is 0. The number of nitrogens with zero attached hydrogens (tertiary/aromatic N) is 1. The first kappa shape index (κ1) is 14.5. The maximum Gasteiger partial charge on any atom is 0.0857 e. The standard InChI is InChI=1S/C15H27NO/c1-4-6-13-7-10-15(12-16,11-8-13)14(3,17)9-5-2/h13,17H,4-11H2,1-3H3. The smallest absolute Gasteiger partial charge is 0.0857 e. The molecule has 1 atom stereocenters. The molecule has 0 radical (unpaired) electrons. The molecule has 1 aliphatic carbocycles. The maximum atomic E-state index is 10.6. The molecule has 2 nitrogen and oxygen atoms in total. The van der Waals surface area contributed by atoms with Gasteiger partial charge in [-0.15, -0.1) is 0 Å². The van der Waals surface area contributed by atoms with Crippen LogP contribution in [-0.4, -0.2) is 10.7 Å². The van der Waals surface area contributed by atoms with Crippen molar-refractivity contribution in [3.63, 3.8) is 0 Å². The Hall–Kier alpha value is -0.550. The van der Waals surface area contributed by atoms with E-state index in [0.29, 0.717) is 0 Å². The molecule has 1 fully saturated rings. The van der Waals surface area contributed by atoms with E-state index in [-0.39, 0.29) is 0 Å². The summed E-state index contributed by atoms with van der Waals surface area (Å²) >= 11 is 0. The van der Waals surface area contributed by atoms with Crippen LogP contribution in [0.1, 0.15) is 72.1 Å². The molecular formula is C15H27NO. The van der Waals surface area contributed by atoms with Crippen LogP contribution in [-0.2, 0) is 0 Å². The van der Waals surface area contributed by atoms with E-state index >= 15 is 0 Å². The van der Waals surface area contributed by atoms with Gasteiger partial charge in [-0.05, 0) is 44.9 Å². The monoisotopic (exact) mass is 237 g/mol. The summed E-state index contributed by atoms with van der Waals surface area (Å²) in [6, 6.07) is 2.46. The second-order valence-electron chi connectivity index (χ2n) is 5.95. The largest absolute Gasteiger partial charge is 0.389 e. The number of aliphatic hydroxyl groups is 1. The molecule has 17 heavy (non-hydrogen) atoms. The van der Waals surface area contributed by atoms with Crippen molar-refractivity contribution in [2.75, 3.05) is 0 Å². The van der Waals surface area contributed by atoms with Crippen LogP contribution in [0.5, 0.6) is 0 Å². The van der Waals surface area contributed by atoms with Crippen molar-refractivity contribution in [3.05, 3.63) is 0 Å². The van der Waals surface area contributed by atoms with Gasteiger partial charge in [0.05, 0.1) is 17.1 Å². The lowest BCUT2D eigenvalue weighted by Gasteiger charge is -2.44. The van der Waals surface area contributed by atoms with E-state index in [1.165, 1.54) is 12.8 Å². The van der Waals surface area contributed by atoms with Gasteiger partial charge in [0.25, 0.3) is 0 Å². The van der Waals surface area contributed by atoms with E-state index < -0.39 is 11.0 Å². The summed E-state index contributed by atoms with van der Waals surface area (Å²) in [5.41, 5.74) is -1.30. The summed E-state index contributed by atoms with van der Waals surface area (Å²) in [6.45, 7) is 6.15. The second kappa shape index (κ2) is 5.87.